The molecule has 0 saturated carbocycles. The van der Waals surface area contributed by atoms with E-state index in [1.165, 1.54) is 4.88 Å². The Bertz CT molecular complexity index is 1010. The molecule has 31 heavy (non-hydrogen) atoms. The second-order valence-corrected chi connectivity index (χ2v) is 8.64. The zero-order chi connectivity index (χ0) is 20.9. The first kappa shape index (κ1) is 23.8. The number of hydrogen-bond acceptors (Lipinski definition) is 5. The fourth-order valence-electron chi connectivity index (χ4n) is 3.32. The maximum absolute atomic E-state index is 6.25. The third kappa shape index (κ3) is 6.11. The number of nitrogens with zero attached hydrogens (tertiary/aromatic N) is 5. The van der Waals surface area contributed by atoms with Crippen LogP contribution < -0.4 is 10.1 Å². The van der Waals surface area contributed by atoms with Gasteiger partial charge in [0.05, 0.1) is 18.1 Å². The van der Waals surface area contributed by atoms with Crippen LogP contribution in [0.4, 0.5) is 0 Å². The van der Waals surface area contributed by atoms with Gasteiger partial charge in [-0.1, -0.05) is 29.8 Å². The molecule has 1 aliphatic rings. The van der Waals surface area contributed by atoms with Gasteiger partial charge in [0.15, 0.2) is 11.8 Å². The van der Waals surface area contributed by atoms with Gasteiger partial charge < -0.3 is 19.5 Å². The van der Waals surface area contributed by atoms with Gasteiger partial charge in [-0.15, -0.1) is 45.5 Å². The third-order valence-corrected chi connectivity index (χ3v) is 6.32. The molecule has 0 radical (unpaired) electrons. The quantitative estimate of drug-likeness (QED) is 0.272. The summed E-state index contributed by atoms with van der Waals surface area (Å²) < 4.78 is 8.11. The van der Waals surface area contributed by atoms with Crippen LogP contribution in [-0.4, -0.2) is 44.8 Å². The molecule has 3 aromatic rings. The molecule has 0 spiro atoms. The van der Waals surface area contributed by atoms with Gasteiger partial charge in [0.1, 0.15) is 24.2 Å². The van der Waals surface area contributed by atoms with Crippen LogP contribution in [0.15, 0.2) is 46.8 Å². The number of halogens is 2. The molecule has 0 amide bonds. The van der Waals surface area contributed by atoms with Crippen LogP contribution in [0.3, 0.4) is 0 Å². The van der Waals surface area contributed by atoms with Crippen molar-refractivity contribution in [2.75, 3.05) is 13.1 Å². The van der Waals surface area contributed by atoms with E-state index in [1.54, 1.807) is 11.3 Å². The Morgan fingerprint density at radius 3 is 2.84 bits per heavy atom. The highest BCUT2D eigenvalue weighted by Crippen LogP contribution is 2.26. The first-order valence-electron chi connectivity index (χ1n) is 9.92. The lowest BCUT2D eigenvalue weighted by atomic mass is 10.3. The molecule has 1 aromatic carbocycles. The van der Waals surface area contributed by atoms with Crippen molar-refractivity contribution in [3.05, 3.63) is 63.3 Å². The highest BCUT2D eigenvalue weighted by atomic mass is 127. The van der Waals surface area contributed by atoms with Crippen LogP contribution in [0.2, 0.25) is 5.02 Å². The Balaban J connectivity index is 0.00000272. The number of aromatic nitrogens is 3. The first-order valence-corrected chi connectivity index (χ1v) is 11.2. The summed E-state index contributed by atoms with van der Waals surface area (Å²) in [5.74, 6) is 3.30. The van der Waals surface area contributed by atoms with Gasteiger partial charge in [-0.2, -0.15) is 0 Å². The minimum Gasteiger partial charge on any atom is -0.487 e. The lowest BCUT2D eigenvalue weighted by Gasteiger charge is -2.22. The van der Waals surface area contributed by atoms with Crippen LogP contribution in [0.25, 0.3) is 0 Å². The number of para-hydroxylation sites is 1. The number of likely N-dealkylation sites (tertiary alicyclic amines) is 1. The van der Waals surface area contributed by atoms with Gasteiger partial charge in [-0.05, 0) is 30.5 Å². The minimum atomic E-state index is 0. The summed E-state index contributed by atoms with van der Waals surface area (Å²) >= 11 is 7.98. The van der Waals surface area contributed by atoms with E-state index in [1.807, 2.05) is 42.8 Å². The highest BCUT2D eigenvalue weighted by Gasteiger charge is 2.27. The van der Waals surface area contributed by atoms with E-state index < -0.39 is 0 Å². The van der Waals surface area contributed by atoms with Crippen molar-refractivity contribution in [2.24, 2.45) is 12.0 Å². The molecule has 7 nitrogen and oxygen atoms in total. The number of guanidine groups is 1. The first-order chi connectivity index (χ1) is 14.6. The SMILES string of the molecule is Cc1nnc(CN=C(NCc2cccs2)N2CCC(Oc3ccccc3Cl)C2)n1C.I. The molecule has 4 rings (SSSR count). The van der Waals surface area contributed by atoms with E-state index >= 15 is 0 Å². The molecule has 1 atom stereocenters. The number of thiophene rings is 1. The Morgan fingerprint density at radius 1 is 1.29 bits per heavy atom. The van der Waals surface area contributed by atoms with E-state index in [4.69, 9.17) is 21.3 Å². The fraction of sp³-hybridized carbons (Fsp3) is 0.381. The third-order valence-electron chi connectivity index (χ3n) is 5.13. The van der Waals surface area contributed by atoms with Crippen molar-refractivity contribution < 1.29 is 4.74 Å². The van der Waals surface area contributed by atoms with Crippen molar-refractivity contribution in [1.29, 1.82) is 0 Å². The molecule has 3 heterocycles. The Kier molecular flexibility index (Phi) is 8.56. The zero-order valence-electron chi connectivity index (χ0n) is 17.5. The maximum Gasteiger partial charge on any atom is 0.194 e. The standard InChI is InChI=1S/C21H25ClN6OS.HI/c1-15-25-26-20(27(15)2)13-24-21(23-12-17-6-5-11-30-17)28-10-9-16(14-28)29-19-8-4-3-7-18(19)22;/h3-8,11,16H,9-10,12-14H2,1-2H3,(H,23,24);1H. The second kappa shape index (κ2) is 11.1. The minimum absolute atomic E-state index is 0. The predicted octanol–water partition coefficient (Wildman–Crippen LogP) is 4.26. The molecule has 0 aliphatic carbocycles. The number of aryl methyl sites for hydroxylation is 1. The Hall–Kier alpha value is -1.85. The summed E-state index contributed by atoms with van der Waals surface area (Å²) in [4.78, 5) is 8.34. The van der Waals surface area contributed by atoms with Crippen molar-refractivity contribution in [2.45, 2.75) is 32.5 Å². The molecule has 1 aliphatic heterocycles. The van der Waals surface area contributed by atoms with Gasteiger partial charge in [-0.25, -0.2) is 4.99 Å². The Morgan fingerprint density at radius 2 is 2.13 bits per heavy atom. The average Bonchev–Trinajstić information content (AvgIpc) is 3.49. The summed E-state index contributed by atoms with van der Waals surface area (Å²) in [5.41, 5.74) is 0. The Labute approximate surface area is 208 Å². The maximum atomic E-state index is 6.25. The van der Waals surface area contributed by atoms with Gasteiger partial charge in [0.25, 0.3) is 0 Å². The van der Waals surface area contributed by atoms with Gasteiger partial charge in [0.2, 0.25) is 0 Å². The smallest absolute Gasteiger partial charge is 0.194 e. The molecular formula is C21H26ClIN6OS. The molecule has 1 fully saturated rings. The lowest BCUT2D eigenvalue weighted by Crippen LogP contribution is -2.40. The summed E-state index contributed by atoms with van der Waals surface area (Å²) in [6, 6.07) is 11.8. The molecule has 1 unspecified atom stereocenters. The molecular weight excluding hydrogens is 547 g/mol. The molecule has 166 valence electrons. The van der Waals surface area contributed by atoms with Crippen LogP contribution in [0.5, 0.6) is 5.75 Å². The second-order valence-electron chi connectivity index (χ2n) is 7.20. The van der Waals surface area contributed by atoms with Crippen molar-refractivity contribution in [3.8, 4) is 5.75 Å². The van der Waals surface area contributed by atoms with Crippen LogP contribution in [0, 0.1) is 6.92 Å². The van der Waals surface area contributed by atoms with Crippen molar-refractivity contribution in [3.63, 3.8) is 0 Å². The summed E-state index contributed by atoms with van der Waals surface area (Å²) in [7, 11) is 1.96. The largest absolute Gasteiger partial charge is 0.487 e. The van der Waals surface area contributed by atoms with E-state index in [-0.39, 0.29) is 30.1 Å². The molecule has 1 N–H and O–H groups in total. The number of rotatable bonds is 6. The van der Waals surface area contributed by atoms with Crippen LogP contribution in [0.1, 0.15) is 22.9 Å². The van der Waals surface area contributed by atoms with Gasteiger partial charge >= 0.3 is 0 Å². The average molecular weight is 573 g/mol. The highest BCUT2D eigenvalue weighted by molar-refractivity contribution is 14.0. The fourth-order valence-corrected chi connectivity index (χ4v) is 4.14. The lowest BCUT2D eigenvalue weighted by molar-refractivity contribution is 0.214. The number of hydrogen-bond donors (Lipinski definition) is 1. The monoisotopic (exact) mass is 572 g/mol. The van der Waals surface area contributed by atoms with Crippen LogP contribution >= 0.6 is 46.9 Å². The number of ether oxygens (including phenoxy) is 1. The summed E-state index contributed by atoms with van der Waals surface area (Å²) in [5, 5.41) is 14.6. The van der Waals surface area contributed by atoms with Crippen molar-refractivity contribution >= 4 is 52.9 Å². The van der Waals surface area contributed by atoms with Crippen LogP contribution in [-0.2, 0) is 20.1 Å². The van der Waals surface area contributed by atoms with E-state index in [9.17, 15) is 0 Å². The summed E-state index contributed by atoms with van der Waals surface area (Å²) in [6.07, 6.45) is 0.976. The van der Waals surface area contributed by atoms with Gasteiger partial charge in [-0.3, -0.25) is 0 Å². The predicted molar refractivity (Wildman–Crippen MR) is 136 cm³/mol. The van der Waals surface area contributed by atoms with E-state index in [0.29, 0.717) is 11.6 Å². The van der Waals surface area contributed by atoms with E-state index in [0.717, 1.165) is 49.4 Å². The molecule has 2 aromatic heterocycles. The van der Waals surface area contributed by atoms with E-state index in [2.05, 4.69) is 37.9 Å². The zero-order valence-corrected chi connectivity index (χ0v) is 21.4. The summed E-state index contributed by atoms with van der Waals surface area (Å²) in [6.45, 7) is 4.76. The molecule has 1 saturated heterocycles. The number of benzene rings is 1. The number of aliphatic imine (C=N–C) groups is 1. The van der Waals surface area contributed by atoms with Gasteiger partial charge in [0, 0.05) is 24.9 Å². The molecule has 0 bridgehead atoms. The topological polar surface area (TPSA) is 67.6 Å². The molecule has 10 heteroatoms. The van der Waals surface area contributed by atoms with Crippen molar-refractivity contribution in [1.82, 2.24) is 25.0 Å². The normalized spacial score (nSPS) is 16.3. The number of nitrogens with one attached hydrogen (secondary N) is 1.